The lowest BCUT2D eigenvalue weighted by Gasteiger charge is -2.21. The van der Waals surface area contributed by atoms with Crippen molar-refractivity contribution in [2.45, 2.75) is 12.5 Å². The van der Waals surface area contributed by atoms with Crippen molar-refractivity contribution in [2.75, 3.05) is 19.8 Å². The summed E-state index contributed by atoms with van der Waals surface area (Å²) >= 11 is 0. The highest BCUT2D eigenvalue weighted by Gasteiger charge is 2.26. The highest BCUT2D eigenvalue weighted by molar-refractivity contribution is 5.81. The van der Waals surface area contributed by atoms with Gasteiger partial charge in [0.2, 0.25) is 0 Å². The number of carbonyl (C=O) groups is 1. The summed E-state index contributed by atoms with van der Waals surface area (Å²) < 4.78 is 4.53. The van der Waals surface area contributed by atoms with Crippen molar-refractivity contribution in [3.05, 3.63) is 12.2 Å². The summed E-state index contributed by atoms with van der Waals surface area (Å²) in [5.41, 5.74) is -1.75. The third-order valence-electron chi connectivity index (χ3n) is 1.37. The van der Waals surface area contributed by atoms with Crippen LogP contribution < -0.4 is 0 Å². The molecule has 0 saturated carbocycles. The first kappa shape index (κ1) is 12.1. The van der Waals surface area contributed by atoms with Crippen LogP contribution in [0.15, 0.2) is 12.2 Å². The fourth-order valence-corrected chi connectivity index (χ4v) is 0.531. The minimum Gasteiger partial charge on any atom is -0.459 e. The molecule has 0 unspecified atom stereocenters. The van der Waals surface area contributed by atoms with Crippen molar-refractivity contribution in [1.29, 1.82) is 0 Å². The van der Waals surface area contributed by atoms with E-state index in [0.717, 1.165) is 0 Å². The van der Waals surface area contributed by atoms with Crippen LogP contribution in [-0.4, -0.2) is 46.7 Å². The number of ether oxygens (including phenoxy) is 1. The molecule has 0 spiro atoms. The second kappa shape index (κ2) is 5.69. The van der Waals surface area contributed by atoms with Crippen LogP contribution in [0.3, 0.4) is 0 Å². The van der Waals surface area contributed by atoms with Crippen LogP contribution in [0.25, 0.3) is 0 Å². The molecule has 3 N–H and O–H groups in total. The molecular formula is C8H14O5. The molecular weight excluding hydrogens is 176 g/mol. The molecule has 0 aliphatic carbocycles. The van der Waals surface area contributed by atoms with E-state index in [1.165, 1.54) is 12.2 Å². The van der Waals surface area contributed by atoms with Crippen LogP contribution in [0.5, 0.6) is 0 Å². The molecule has 0 aliphatic rings. The first-order valence-corrected chi connectivity index (χ1v) is 3.81. The van der Waals surface area contributed by atoms with Gasteiger partial charge in [-0.25, -0.2) is 4.79 Å². The molecule has 0 bridgehead atoms. The first-order valence-electron chi connectivity index (χ1n) is 3.81. The third kappa shape index (κ3) is 4.62. The second-order valence-corrected chi connectivity index (χ2v) is 2.65. The number of hydrogen-bond donors (Lipinski definition) is 3. The Morgan fingerprint density at radius 1 is 1.46 bits per heavy atom. The molecule has 0 radical (unpaired) electrons. The van der Waals surface area contributed by atoms with Crippen LogP contribution in [0, 0.1) is 0 Å². The van der Waals surface area contributed by atoms with Crippen LogP contribution in [0.1, 0.15) is 6.92 Å². The van der Waals surface area contributed by atoms with E-state index in [-0.39, 0.29) is 0 Å². The van der Waals surface area contributed by atoms with E-state index in [9.17, 15) is 9.90 Å². The highest BCUT2D eigenvalue weighted by Crippen LogP contribution is 2.02. The van der Waals surface area contributed by atoms with Gasteiger partial charge in [0, 0.05) is 6.08 Å². The fourth-order valence-electron chi connectivity index (χ4n) is 0.531. The van der Waals surface area contributed by atoms with Gasteiger partial charge in [-0.1, -0.05) is 6.08 Å². The predicted molar refractivity (Wildman–Crippen MR) is 44.9 cm³/mol. The predicted octanol–water partition coefficient (Wildman–Crippen LogP) is -1.18. The van der Waals surface area contributed by atoms with Gasteiger partial charge in [-0.05, 0) is 6.92 Å². The van der Waals surface area contributed by atoms with Crippen LogP contribution in [0.2, 0.25) is 0 Å². The first-order chi connectivity index (χ1) is 6.08. The van der Waals surface area contributed by atoms with Gasteiger partial charge in [0.15, 0.2) is 0 Å². The number of allylic oxidation sites excluding steroid dienone is 1. The molecule has 0 aliphatic heterocycles. The maximum atomic E-state index is 10.7. The standard InChI is InChI=1S/C8H14O5/c1-2-3-7(11)13-6-8(12,4-9)5-10/h2-3,9-10,12H,4-6H2,1H3/b3-2-. The molecule has 0 aromatic carbocycles. The Morgan fingerprint density at radius 2 is 2.00 bits per heavy atom. The molecule has 5 nitrogen and oxygen atoms in total. The second-order valence-electron chi connectivity index (χ2n) is 2.65. The molecule has 0 aromatic rings. The lowest BCUT2D eigenvalue weighted by atomic mass is 10.1. The fraction of sp³-hybridized carbons (Fsp3) is 0.625. The van der Waals surface area contributed by atoms with Crippen molar-refractivity contribution < 1.29 is 24.9 Å². The Balaban J connectivity index is 3.92. The Labute approximate surface area is 76.3 Å². The van der Waals surface area contributed by atoms with Gasteiger partial charge in [-0.15, -0.1) is 0 Å². The Hall–Kier alpha value is -0.910. The summed E-state index contributed by atoms with van der Waals surface area (Å²) in [7, 11) is 0. The van der Waals surface area contributed by atoms with Gasteiger partial charge in [-0.3, -0.25) is 0 Å². The summed E-state index contributed by atoms with van der Waals surface area (Å²) in [5.74, 6) is -0.622. The number of esters is 1. The van der Waals surface area contributed by atoms with E-state index >= 15 is 0 Å². The summed E-state index contributed by atoms with van der Waals surface area (Å²) in [4.78, 5) is 10.7. The average Bonchev–Trinajstić information content (AvgIpc) is 2.15. The number of aliphatic hydroxyl groups excluding tert-OH is 2. The SMILES string of the molecule is C/C=C\C(=O)OCC(O)(CO)CO. The molecule has 76 valence electrons. The largest absolute Gasteiger partial charge is 0.459 e. The van der Waals surface area contributed by atoms with Crippen molar-refractivity contribution in [3.8, 4) is 0 Å². The zero-order chi connectivity index (χ0) is 10.3. The Bertz CT molecular complexity index is 183. The number of aliphatic hydroxyl groups is 3. The maximum absolute atomic E-state index is 10.7. The average molecular weight is 190 g/mol. The Kier molecular flexibility index (Phi) is 5.29. The monoisotopic (exact) mass is 190 g/mol. The molecule has 13 heavy (non-hydrogen) atoms. The van der Waals surface area contributed by atoms with E-state index in [2.05, 4.69) is 4.74 Å². The normalized spacial score (nSPS) is 12.0. The summed E-state index contributed by atoms with van der Waals surface area (Å²) in [6, 6.07) is 0. The lowest BCUT2D eigenvalue weighted by molar-refractivity contribution is -0.152. The van der Waals surface area contributed by atoms with Gasteiger partial charge in [0.25, 0.3) is 0 Å². The summed E-state index contributed by atoms with van der Waals surface area (Å²) in [6.45, 7) is -0.103. The maximum Gasteiger partial charge on any atom is 0.330 e. The van der Waals surface area contributed by atoms with Crippen LogP contribution in [-0.2, 0) is 9.53 Å². The highest BCUT2D eigenvalue weighted by atomic mass is 16.5. The van der Waals surface area contributed by atoms with Crippen LogP contribution in [0.4, 0.5) is 0 Å². The van der Waals surface area contributed by atoms with Gasteiger partial charge < -0.3 is 20.1 Å². The van der Waals surface area contributed by atoms with Gasteiger partial charge >= 0.3 is 5.97 Å². The molecule has 0 heterocycles. The quantitative estimate of drug-likeness (QED) is 0.375. The summed E-state index contributed by atoms with van der Waals surface area (Å²) in [6.07, 6.45) is 2.66. The minimum absolute atomic E-state index is 0.427. The van der Waals surface area contributed by atoms with E-state index in [4.69, 9.17) is 10.2 Å². The minimum atomic E-state index is -1.75. The molecule has 0 fully saturated rings. The molecule has 5 heteroatoms. The van der Waals surface area contributed by atoms with Gasteiger partial charge in [0.05, 0.1) is 13.2 Å². The van der Waals surface area contributed by atoms with Crippen molar-refractivity contribution >= 4 is 5.97 Å². The van der Waals surface area contributed by atoms with E-state index in [1.54, 1.807) is 6.92 Å². The lowest BCUT2D eigenvalue weighted by Crippen LogP contribution is -2.42. The van der Waals surface area contributed by atoms with Gasteiger partial charge in [-0.2, -0.15) is 0 Å². The van der Waals surface area contributed by atoms with Gasteiger partial charge in [0.1, 0.15) is 12.2 Å². The smallest absolute Gasteiger partial charge is 0.330 e. The molecule has 0 rings (SSSR count). The topological polar surface area (TPSA) is 87.0 Å². The van der Waals surface area contributed by atoms with E-state index < -0.39 is 31.4 Å². The third-order valence-corrected chi connectivity index (χ3v) is 1.37. The number of hydrogen-bond acceptors (Lipinski definition) is 5. The molecule has 0 saturated heterocycles. The van der Waals surface area contributed by atoms with Crippen molar-refractivity contribution in [2.24, 2.45) is 0 Å². The zero-order valence-corrected chi connectivity index (χ0v) is 7.43. The van der Waals surface area contributed by atoms with Crippen molar-refractivity contribution in [3.63, 3.8) is 0 Å². The molecule has 0 amide bonds. The number of carbonyl (C=O) groups excluding carboxylic acids is 1. The summed E-state index contributed by atoms with van der Waals surface area (Å²) in [5, 5.41) is 26.5. The zero-order valence-electron chi connectivity index (χ0n) is 7.43. The van der Waals surface area contributed by atoms with Crippen molar-refractivity contribution in [1.82, 2.24) is 0 Å². The van der Waals surface area contributed by atoms with E-state index in [0.29, 0.717) is 0 Å². The van der Waals surface area contributed by atoms with E-state index in [1.807, 2.05) is 0 Å². The van der Waals surface area contributed by atoms with Crippen LogP contribution >= 0.6 is 0 Å². The number of rotatable bonds is 5. The molecule has 0 atom stereocenters. The Morgan fingerprint density at radius 3 is 2.38 bits per heavy atom. The molecule has 0 aromatic heterocycles.